The Bertz CT molecular complexity index is 3630. The number of nitriles is 2. The van der Waals surface area contributed by atoms with Crippen molar-refractivity contribution in [1.29, 1.82) is 10.5 Å². The highest BCUT2D eigenvalue weighted by Crippen LogP contribution is 2.43. The first kappa shape index (κ1) is 31.0. The van der Waals surface area contributed by atoms with E-state index in [0.717, 1.165) is 90.1 Å². The molecular formula is C50H28N4OS. The molecule has 4 aromatic heterocycles. The van der Waals surface area contributed by atoms with Crippen molar-refractivity contribution >= 4 is 97.7 Å². The SMILES string of the molecule is N#Cc1ccc2c(c1)c1ccccc1n2-c1ccc2oc3c(c2c1)C=C(c1ccc2sc4ccc(-n5c6ccccc6c6c(C#N)cccc65)cc4c2c1)CC3. The van der Waals surface area contributed by atoms with Gasteiger partial charge in [0.2, 0.25) is 0 Å². The van der Waals surface area contributed by atoms with Crippen molar-refractivity contribution < 1.29 is 4.42 Å². The quantitative estimate of drug-likeness (QED) is 0.182. The number of rotatable bonds is 3. The minimum absolute atomic E-state index is 0.657. The largest absolute Gasteiger partial charge is 0.460 e. The molecule has 0 radical (unpaired) electrons. The van der Waals surface area contributed by atoms with Gasteiger partial charge in [0.05, 0.1) is 45.3 Å². The average Bonchev–Trinajstić information content (AvgIpc) is 4.00. The van der Waals surface area contributed by atoms with E-state index in [4.69, 9.17) is 4.42 Å². The van der Waals surface area contributed by atoms with Crippen LogP contribution in [-0.2, 0) is 6.42 Å². The molecule has 0 saturated carbocycles. The summed E-state index contributed by atoms with van der Waals surface area (Å²) in [5, 5.41) is 27.5. The normalized spacial score (nSPS) is 12.9. The van der Waals surface area contributed by atoms with Gasteiger partial charge in [-0.3, -0.25) is 0 Å². The van der Waals surface area contributed by atoms with Crippen LogP contribution in [0.3, 0.4) is 0 Å². The Morgan fingerprint density at radius 1 is 0.536 bits per heavy atom. The second-order valence-electron chi connectivity index (χ2n) is 14.6. The summed E-state index contributed by atoms with van der Waals surface area (Å²) in [7, 11) is 0. The lowest BCUT2D eigenvalue weighted by Gasteiger charge is -2.14. The Labute approximate surface area is 324 Å². The van der Waals surface area contributed by atoms with Crippen LogP contribution in [0.15, 0.2) is 144 Å². The summed E-state index contributed by atoms with van der Waals surface area (Å²) in [6.45, 7) is 0. The third-order valence-electron chi connectivity index (χ3n) is 11.7. The van der Waals surface area contributed by atoms with E-state index in [1.807, 2.05) is 41.7 Å². The molecule has 0 bridgehead atoms. The van der Waals surface area contributed by atoms with Crippen LogP contribution in [0.1, 0.15) is 34.4 Å². The van der Waals surface area contributed by atoms with Crippen molar-refractivity contribution in [3.05, 3.63) is 168 Å². The molecule has 6 heteroatoms. The highest BCUT2D eigenvalue weighted by Gasteiger charge is 2.22. The maximum atomic E-state index is 9.99. The number of thiophene rings is 1. The fraction of sp³-hybridized carbons (Fsp3) is 0.0400. The lowest BCUT2D eigenvalue weighted by molar-refractivity contribution is 0.548. The first-order chi connectivity index (χ1) is 27.6. The molecule has 5 nitrogen and oxygen atoms in total. The summed E-state index contributed by atoms with van der Waals surface area (Å²) in [5.74, 6) is 1.03. The van der Waals surface area contributed by atoms with E-state index in [0.29, 0.717) is 11.1 Å². The van der Waals surface area contributed by atoms with Crippen LogP contribution < -0.4 is 0 Å². The van der Waals surface area contributed by atoms with Crippen molar-refractivity contribution in [2.24, 2.45) is 0 Å². The van der Waals surface area contributed by atoms with Crippen LogP contribution in [0.5, 0.6) is 0 Å². The second kappa shape index (κ2) is 11.6. The molecule has 0 saturated heterocycles. The molecular weight excluding hydrogens is 705 g/mol. The van der Waals surface area contributed by atoms with Gasteiger partial charge >= 0.3 is 0 Å². The van der Waals surface area contributed by atoms with Crippen LogP contribution in [0, 0.1) is 22.7 Å². The number of hydrogen-bond acceptors (Lipinski definition) is 4. The molecule has 0 fully saturated rings. The van der Waals surface area contributed by atoms with Gasteiger partial charge in [-0.2, -0.15) is 10.5 Å². The topological polar surface area (TPSA) is 70.6 Å². The van der Waals surface area contributed by atoms with Crippen molar-refractivity contribution in [2.45, 2.75) is 12.8 Å². The molecule has 0 unspecified atom stereocenters. The number of para-hydroxylation sites is 2. The zero-order chi connectivity index (χ0) is 37.1. The van der Waals surface area contributed by atoms with Gasteiger partial charge in [-0.15, -0.1) is 11.3 Å². The zero-order valence-corrected chi connectivity index (χ0v) is 30.7. The Morgan fingerprint density at radius 2 is 1.23 bits per heavy atom. The highest BCUT2D eigenvalue weighted by molar-refractivity contribution is 7.25. The van der Waals surface area contributed by atoms with Gasteiger partial charge in [0.15, 0.2) is 0 Å². The highest BCUT2D eigenvalue weighted by atomic mass is 32.1. The van der Waals surface area contributed by atoms with Crippen molar-refractivity contribution in [1.82, 2.24) is 9.13 Å². The molecule has 0 N–H and O–H groups in total. The Balaban J connectivity index is 0.991. The lowest BCUT2D eigenvalue weighted by Crippen LogP contribution is -1.97. The maximum absolute atomic E-state index is 9.99. The molecule has 260 valence electrons. The smallest absolute Gasteiger partial charge is 0.135 e. The first-order valence-electron chi connectivity index (χ1n) is 18.7. The maximum Gasteiger partial charge on any atom is 0.135 e. The molecule has 0 atom stereocenters. The van der Waals surface area contributed by atoms with Gasteiger partial charge in [0.1, 0.15) is 11.3 Å². The third kappa shape index (κ3) is 4.33. The van der Waals surface area contributed by atoms with Crippen LogP contribution in [0.2, 0.25) is 0 Å². The van der Waals surface area contributed by atoms with Crippen LogP contribution in [0.25, 0.3) is 97.8 Å². The number of nitrogens with zero attached hydrogens (tertiary/aromatic N) is 4. The summed E-state index contributed by atoms with van der Waals surface area (Å²) < 4.78 is 13.6. The van der Waals surface area contributed by atoms with E-state index < -0.39 is 0 Å². The number of aryl methyl sites for hydroxylation is 1. The van der Waals surface area contributed by atoms with Gasteiger partial charge in [-0.1, -0.05) is 48.5 Å². The van der Waals surface area contributed by atoms with E-state index in [2.05, 4.69) is 137 Å². The predicted octanol–water partition coefficient (Wildman–Crippen LogP) is 13.2. The Morgan fingerprint density at radius 3 is 2.07 bits per heavy atom. The standard InChI is InChI=1S/C50H28N4OS/c51-27-29-12-17-44-37(22-29)35-7-1-3-9-42(35)53(44)33-15-19-47-39(25-33)38-23-30(13-18-46(38)55-47)31-14-20-48-40(24-31)41-26-34(16-21-49(41)56-48)54-43-10-4-2-8-36(43)50-32(28-52)6-5-11-45(50)54/h1-12,14-17,19-26H,13,18H2. The van der Waals surface area contributed by atoms with E-state index in [-0.39, 0.29) is 0 Å². The molecule has 4 heterocycles. The van der Waals surface area contributed by atoms with Gasteiger partial charge in [0.25, 0.3) is 0 Å². The molecule has 0 aliphatic heterocycles. The molecule has 1 aliphatic rings. The van der Waals surface area contributed by atoms with E-state index in [1.165, 1.54) is 31.3 Å². The molecule has 0 amide bonds. The monoisotopic (exact) mass is 732 g/mol. The van der Waals surface area contributed by atoms with Gasteiger partial charge in [0, 0.05) is 70.5 Å². The van der Waals surface area contributed by atoms with Gasteiger partial charge < -0.3 is 13.6 Å². The fourth-order valence-electron chi connectivity index (χ4n) is 9.18. The van der Waals surface area contributed by atoms with Crippen molar-refractivity contribution in [2.75, 3.05) is 0 Å². The van der Waals surface area contributed by atoms with E-state index >= 15 is 0 Å². The lowest BCUT2D eigenvalue weighted by atomic mass is 9.91. The number of benzene rings is 7. The van der Waals surface area contributed by atoms with Crippen LogP contribution in [0.4, 0.5) is 0 Å². The van der Waals surface area contributed by atoms with E-state index in [1.54, 1.807) is 0 Å². The molecule has 11 aromatic rings. The van der Waals surface area contributed by atoms with E-state index in [9.17, 15) is 10.5 Å². The molecule has 7 aromatic carbocycles. The van der Waals surface area contributed by atoms with Crippen LogP contribution in [-0.4, -0.2) is 9.13 Å². The summed E-state index contributed by atoms with van der Waals surface area (Å²) in [5.41, 5.74) is 12.4. The predicted molar refractivity (Wildman–Crippen MR) is 230 cm³/mol. The minimum atomic E-state index is 0.657. The number of fused-ring (bicyclic) bond motifs is 12. The average molecular weight is 733 g/mol. The molecule has 56 heavy (non-hydrogen) atoms. The fourth-order valence-corrected chi connectivity index (χ4v) is 10.2. The summed E-state index contributed by atoms with van der Waals surface area (Å²) in [6, 6.07) is 53.6. The molecule has 12 rings (SSSR count). The number of aromatic nitrogens is 2. The summed E-state index contributed by atoms with van der Waals surface area (Å²) >= 11 is 1.83. The van der Waals surface area contributed by atoms with Gasteiger partial charge in [-0.25, -0.2) is 0 Å². The summed E-state index contributed by atoms with van der Waals surface area (Å²) in [6.07, 6.45) is 4.07. The van der Waals surface area contributed by atoms with Crippen molar-refractivity contribution in [3.63, 3.8) is 0 Å². The van der Waals surface area contributed by atoms with Gasteiger partial charge in [-0.05, 0) is 115 Å². The molecule has 0 spiro atoms. The number of hydrogen-bond donors (Lipinski definition) is 0. The summed E-state index contributed by atoms with van der Waals surface area (Å²) in [4.78, 5) is 0. The Kier molecular flexibility index (Phi) is 6.40. The molecule has 1 aliphatic carbocycles. The van der Waals surface area contributed by atoms with Crippen molar-refractivity contribution in [3.8, 4) is 23.5 Å². The number of furan rings is 1. The minimum Gasteiger partial charge on any atom is -0.460 e. The third-order valence-corrected chi connectivity index (χ3v) is 12.8. The number of allylic oxidation sites excluding steroid dienone is 1. The zero-order valence-electron chi connectivity index (χ0n) is 29.9. The second-order valence-corrected chi connectivity index (χ2v) is 15.7. The first-order valence-corrected chi connectivity index (χ1v) is 19.6. The van der Waals surface area contributed by atoms with Crippen LogP contribution >= 0.6 is 11.3 Å². The Hall–Kier alpha value is -7.38.